The molecule has 5 heteroatoms. The molecule has 0 spiro atoms. The van der Waals surface area contributed by atoms with Gasteiger partial charge >= 0.3 is 0 Å². The van der Waals surface area contributed by atoms with Crippen molar-refractivity contribution in [1.82, 2.24) is 10.3 Å². The molecule has 0 radical (unpaired) electrons. The fourth-order valence-corrected chi connectivity index (χ4v) is 4.18. The van der Waals surface area contributed by atoms with Crippen molar-refractivity contribution in [2.75, 3.05) is 18.4 Å². The van der Waals surface area contributed by atoms with Gasteiger partial charge in [0.2, 0.25) is 0 Å². The Hall–Kier alpha value is -3.57. The molecule has 1 aromatic heterocycles. The van der Waals surface area contributed by atoms with Crippen LogP contribution in [0.3, 0.4) is 0 Å². The molecule has 5 rings (SSSR count). The van der Waals surface area contributed by atoms with Gasteiger partial charge in [-0.05, 0) is 31.2 Å². The van der Waals surface area contributed by atoms with Crippen LogP contribution in [0.1, 0.15) is 24.0 Å². The highest BCUT2D eigenvalue weighted by atomic mass is 16.5. The van der Waals surface area contributed by atoms with Crippen LogP contribution in [0.25, 0.3) is 10.9 Å². The van der Waals surface area contributed by atoms with E-state index in [1.54, 1.807) is 6.07 Å². The Labute approximate surface area is 181 Å². The van der Waals surface area contributed by atoms with E-state index in [4.69, 9.17) is 4.74 Å². The lowest BCUT2D eigenvalue weighted by atomic mass is 9.88. The van der Waals surface area contributed by atoms with Crippen LogP contribution in [0.4, 0.5) is 5.82 Å². The van der Waals surface area contributed by atoms with Crippen LogP contribution in [0, 0.1) is 0 Å². The first-order chi connectivity index (χ1) is 15.2. The number of aromatic nitrogens is 1. The number of hydrogen-bond acceptors (Lipinski definition) is 4. The number of aromatic amines is 1. The maximum Gasteiger partial charge on any atom is 0.191 e. The van der Waals surface area contributed by atoms with Crippen LogP contribution in [-0.4, -0.2) is 24.1 Å². The SMILES string of the molecule is CC(CNc1cc(=O)c2ccccc2[nH]1)NCC1c2ccccc2Oc2ccccc21. The number of hydrogen-bond donors (Lipinski definition) is 3. The number of para-hydroxylation sites is 3. The smallest absolute Gasteiger partial charge is 0.191 e. The molecule has 0 amide bonds. The monoisotopic (exact) mass is 411 g/mol. The number of benzene rings is 3. The molecule has 3 aromatic carbocycles. The third-order valence-corrected chi connectivity index (χ3v) is 5.82. The molecule has 3 N–H and O–H groups in total. The van der Waals surface area contributed by atoms with E-state index in [-0.39, 0.29) is 17.4 Å². The lowest BCUT2D eigenvalue weighted by molar-refractivity contribution is 0.434. The summed E-state index contributed by atoms with van der Waals surface area (Å²) in [6.45, 7) is 3.64. The minimum absolute atomic E-state index is 0.0212. The standard InChI is InChI=1S/C26H25N3O2/c1-17(15-28-26-14-23(30)20-10-2-5-11-22(20)29-26)27-16-21-18-8-3-6-12-24(18)31-25-13-7-4-9-19(21)25/h2-14,17,21,27H,15-16H2,1H3,(H2,28,29,30). The first-order valence-electron chi connectivity index (χ1n) is 10.6. The summed E-state index contributed by atoms with van der Waals surface area (Å²) >= 11 is 0. The van der Waals surface area contributed by atoms with Crippen LogP contribution in [0.5, 0.6) is 11.5 Å². The second-order valence-corrected chi connectivity index (χ2v) is 8.01. The largest absolute Gasteiger partial charge is 0.457 e. The van der Waals surface area contributed by atoms with Gasteiger partial charge in [-0.1, -0.05) is 48.5 Å². The van der Waals surface area contributed by atoms with Crippen molar-refractivity contribution in [3.63, 3.8) is 0 Å². The second kappa shape index (κ2) is 8.28. The molecule has 0 fully saturated rings. The van der Waals surface area contributed by atoms with Gasteiger partial charge in [-0.3, -0.25) is 4.79 Å². The molecule has 0 saturated heterocycles. The van der Waals surface area contributed by atoms with Gasteiger partial charge in [0.1, 0.15) is 17.3 Å². The van der Waals surface area contributed by atoms with Crippen LogP contribution in [0.2, 0.25) is 0 Å². The third-order valence-electron chi connectivity index (χ3n) is 5.82. The van der Waals surface area contributed by atoms with E-state index in [2.05, 4.69) is 46.8 Å². The van der Waals surface area contributed by atoms with Crippen LogP contribution >= 0.6 is 0 Å². The molecule has 4 aromatic rings. The first kappa shape index (κ1) is 19.4. The van der Waals surface area contributed by atoms with Crippen molar-refractivity contribution in [2.24, 2.45) is 0 Å². The molecule has 5 nitrogen and oxygen atoms in total. The number of anilines is 1. The van der Waals surface area contributed by atoms with Crippen molar-refractivity contribution >= 4 is 16.7 Å². The highest BCUT2D eigenvalue weighted by Gasteiger charge is 2.26. The maximum atomic E-state index is 12.3. The molecule has 31 heavy (non-hydrogen) atoms. The van der Waals surface area contributed by atoms with Crippen molar-refractivity contribution in [3.05, 3.63) is 100 Å². The molecule has 1 aliphatic heterocycles. The quantitative estimate of drug-likeness (QED) is 0.424. The zero-order valence-corrected chi connectivity index (χ0v) is 17.4. The summed E-state index contributed by atoms with van der Waals surface area (Å²) in [4.78, 5) is 15.6. The summed E-state index contributed by atoms with van der Waals surface area (Å²) < 4.78 is 6.09. The van der Waals surface area contributed by atoms with Gasteiger partial charge in [0.25, 0.3) is 0 Å². The minimum Gasteiger partial charge on any atom is -0.457 e. The van der Waals surface area contributed by atoms with Gasteiger partial charge in [-0.2, -0.15) is 0 Å². The number of pyridine rings is 1. The average Bonchev–Trinajstić information content (AvgIpc) is 2.80. The first-order valence-corrected chi connectivity index (χ1v) is 10.6. The molecule has 0 saturated carbocycles. The van der Waals surface area contributed by atoms with E-state index in [1.807, 2.05) is 48.5 Å². The van der Waals surface area contributed by atoms with E-state index in [9.17, 15) is 4.79 Å². The molecule has 156 valence electrons. The Kier molecular flexibility index (Phi) is 5.18. The van der Waals surface area contributed by atoms with E-state index in [0.29, 0.717) is 11.9 Å². The summed E-state index contributed by atoms with van der Waals surface area (Å²) in [5, 5.41) is 7.71. The normalized spacial score (nSPS) is 13.8. The summed E-state index contributed by atoms with van der Waals surface area (Å²) in [5.41, 5.74) is 3.27. The number of fused-ring (bicyclic) bond motifs is 3. The number of nitrogens with one attached hydrogen (secondary N) is 3. The van der Waals surface area contributed by atoms with Crippen LogP contribution in [0.15, 0.2) is 83.7 Å². The summed E-state index contributed by atoms with van der Waals surface area (Å²) in [5.74, 6) is 2.81. The maximum absolute atomic E-state index is 12.3. The third kappa shape index (κ3) is 3.92. The summed E-state index contributed by atoms with van der Waals surface area (Å²) in [6.07, 6.45) is 0. The predicted molar refractivity (Wildman–Crippen MR) is 125 cm³/mol. The van der Waals surface area contributed by atoms with E-state index in [1.165, 1.54) is 11.1 Å². The van der Waals surface area contributed by atoms with E-state index >= 15 is 0 Å². The fourth-order valence-electron chi connectivity index (χ4n) is 4.18. The number of ether oxygens (including phenoxy) is 1. The highest BCUT2D eigenvalue weighted by Crippen LogP contribution is 2.43. The van der Waals surface area contributed by atoms with Crippen molar-refractivity contribution < 1.29 is 4.74 Å². The predicted octanol–water partition coefficient (Wildman–Crippen LogP) is 4.86. The van der Waals surface area contributed by atoms with Gasteiger partial charge in [-0.25, -0.2) is 0 Å². The molecule has 1 atom stereocenters. The second-order valence-electron chi connectivity index (χ2n) is 8.01. The molecule has 1 aliphatic rings. The lowest BCUT2D eigenvalue weighted by Gasteiger charge is -2.29. The van der Waals surface area contributed by atoms with Gasteiger partial charge < -0.3 is 20.4 Å². The van der Waals surface area contributed by atoms with Crippen LogP contribution in [-0.2, 0) is 0 Å². The van der Waals surface area contributed by atoms with Gasteiger partial charge in [0.05, 0.1) is 5.52 Å². The number of rotatable bonds is 6. The Morgan fingerprint density at radius 1 is 0.935 bits per heavy atom. The van der Waals surface area contributed by atoms with E-state index in [0.717, 1.165) is 29.4 Å². The molecule has 0 bridgehead atoms. The molecule has 0 aliphatic carbocycles. The zero-order chi connectivity index (χ0) is 21.2. The molecular weight excluding hydrogens is 386 g/mol. The Morgan fingerprint density at radius 2 is 1.58 bits per heavy atom. The topological polar surface area (TPSA) is 66.2 Å². The van der Waals surface area contributed by atoms with E-state index < -0.39 is 0 Å². The molecule has 1 unspecified atom stereocenters. The van der Waals surface area contributed by atoms with Crippen molar-refractivity contribution in [3.8, 4) is 11.5 Å². The van der Waals surface area contributed by atoms with Gasteiger partial charge in [-0.15, -0.1) is 0 Å². The number of H-pyrrole nitrogens is 1. The van der Waals surface area contributed by atoms with Gasteiger partial charge in [0, 0.05) is 47.6 Å². The van der Waals surface area contributed by atoms with Crippen molar-refractivity contribution in [2.45, 2.75) is 18.9 Å². The van der Waals surface area contributed by atoms with Crippen molar-refractivity contribution in [1.29, 1.82) is 0 Å². The minimum atomic E-state index is 0.0212. The summed E-state index contributed by atoms with van der Waals surface area (Å²) in [6, 6.07) is 25.9. The molecular formula is C26H25N3O2. The highest BCUT2D eigenvalue weighted by molar-refractivity contribution is 5.79. The molecule has 2 heterocycles. The Morgan fingerprint density at radius 3 is 2.32 bits per heavy atom. The fraction of sp³-hybridized carbons (Fsp3) is 0.192. The summed E-state index contributed by atoms with van der Waals surface area (Å²) in [7, 11) is 0. The van der Waals surface area contributed by atoms with Crippen LogP contribution < -0.4 is 20.8 Å². The Bertz CT molecular complexity index is 1240. The lowest BCUT2D eigenvalue weighted by Crippen LogP contribution is -2.36. The Balaban J connectivity index is 1.27. The van der Waals surface area contributed by atoms with Gasteiger partial charge in [0.15, 0.2) is 5.43 Å². The average molecular weight is 412 g/mol. The zero-order valence-electron chi connectivity index (χ0n) is 17.4.